The smallest absolute Gasteiger partial charge is 0.0793 e. The van der Waals surface area contributed by atoms with Gasteiger partial charge in [-0.3, -0.25) is 0 Å². The van der Waals surface area contributed by atoms with Gasteiger partial charge >= 0.3 is 0 Å². The van der Waals surface area contributed by atoms with Gasteiger partial charge in [0.1, 0.15) is 7.85 Å². The molecule has 2 radical (unpaired) electrons. The molecule has 0 amide bonds. The lowest BCUT2D eigenvalue weighted by Crippen LogP contribution is -2.14. The molecule has 0 aromatic heterocycles. The Bertz CT molecular complexity index is 224. The van der Waals surface area contributed by atoms with Crippen molar-refractivity contribution >= 4 is 29.2 Å². The van der Waals surface area contributed by atoms with Gasteiger partial charge in [0.25, 0.3) is 0 Å². The van der Waals surface area contributed by atoms with Crippen LogP contribution >= 0.6 is 15.9 Å². The van der Waals surface area contributed by atoms with Crippen LogP contribution in [0.4, 0.5) is 0 Å². The van der Waals surface area contributed by atoms with Crippen LogP contribution in [-0.2, 0) is 0 Å². The Labute approximate surface area is 83.9 Å². The molecule has 0 heterocycles. The number of halogens is 1. The van der Waals surface area contributed by atoms with Crippen LogP contribution in [0, 0.1) is 27.7 Å². The van der Waals surface area contributed by atoms with E-state index >= 15 is 0 Å². The van der Waals surface area contributed by atoms with Gasteiger partial charge in [-0.15, -0.1) is 0 Å². The van der Waals surface area contributed by atoms with Gasteiger partial charge in [0.05, 0.1) is 0 Å². The SMILES string of the molecule is [B]c1c(C)c(C)c(C)c(C)c1Br. The molecular formula is C10H12BBr. The molecule has 1 aromatic carbocycles. The van der Waals surface area contributed by atoms with E-state index in [1.54, 1.807) is 0 Å². The van der Waals surface area contributed by atoms with E-state index in [4.69, 9.17) is 7.85 Å². The Morgan fingerprint density at radius 1 is 0.833 bits per heavy atom. The Balaban J connectivity index is 3.60. The maximum Gasteiger partial charge on any atom is 0.115 e. The number of rotatable bonds is 0. The van der Waals surface area contributed by atoms with E-state index in [1.807, 2.05) is 0 Å². The molecule has 2 heteroatoms. The van der Waals surface area contributed by atoms with E-state index in [1.165, 1.54) is 22.3 Å². The van der Waals surface area contributed by atoms with Crippen molar-refractivity contribution in [1.82, 2.24) is 0 Å². The lowest BCUT2D eigenvalue weighted by atomic mass is 9.85. The van der Waals surface area contributed by atoms with Gasteiger partial charge in [0.15, 0.2) is 0 Å². The first kappa shape index (κ1) is 9.85. The van der Waals surface area contributed by atoms with Crippen LogP contribution in [-0.4, -0.2) is 7.85 Å². The summed E-state index contributed by atoms with van der Waals surface area (Å²) in [5.41, 5.74) is 5.93. The zero-order valence-electron chi connectivity index (χ0n) is 7.96. The summed E-state index contributed by atoms with van der Waals surface area (Å²) < 4.78 is 1.04. The molecule has 0 aliphatic rings. The third-order valence-corrected chi connectivity index (χ3v) is 3.68. The summed E-state index contributed by atoms with van der Waals surface area (Å²) in [7, 11) is 5.91. The van der Waals surface area contributed by atoms with Crippen molar-refractivity contribution in [3.8, 4) is 0 Å². The molecule has 1 aromatic rings. The van der Waals surface area contributed by atoms with E-state index in [9.17, 15) is 0 Å². The average molecular weight is 223 g/mol. The molecule has 0 aliphatic carbocycles. The van der Waals surface area contributed by atoms with Gasteiger partial charge in [-0.05, 0) is 44.4 Å². The Morgan fingerprint density at radius 2 is 1.25 bits per heavy atom. The van der Waals surface area contributed by atoms with Crippen molar-refractivity contribution in [2.75, 3.05) is 0 Å². The maximum atomic E-state index is 5.91. The third kappa shape index (κ3) is 1.33. The van der Waals surface area contributed by atoms with Crippen LogP contribution in [0.15, 0.2) is 4.47 Å². The molecule has 12 heavy (non-hydrogen) atoms. The standard InChI is InChI=1S/C10H12BBr/c1-5-6(2)8(4)10(12)9(11)7(5)3/h1-4H3. The molecule has 0 fully saturated rings. The minimum atomic E-state index is 0.871. The number of hydrogen-bond acceptors (Lipinski definition) is 0. The van der Waals surface area contributed by atoms with Crippen LogP contribution < -0.4 is 5.46 Å². The van der Waals surface area contributed by atoms with Crippen LogP contribution in [0.1, 0.15) is 22.3 Å². The quantitative estimate of drug-likeness (QED) is 0.592. The molecule has 1 rings (SSSR count). The first-order valence-corrected chi connectivity index (χ1v) is 4.77. The van der Waals surface area contributed by atoms with E-state index in [0.29, 0.717) is 0 Å². The summed E-state index contributed by atoms with van der Waals surface area (Å²) in [6.07, 6.45) is 0. The Morgan fingerprint density at radius 3 is 1.75 bits per heavy atom. The molecule has 62 valence electrons. The molecule has 0 spiro atoms. The van der Waals surface area contributed by atoms with Crippen molar-refractivity contribution < 1.29 is 0 Å². The van der Waals surface area contributed by atoms with Crippen LogP contribution in [0.2, 0.25) is 0 Å². The van der Waals surface area contributed by atoms with Crippen molar-refractivity contribution in [1.29, 1.82) is 0 Å². The summed E-state index contributed by atoms with van der Waals surface area (Å²) in [5.74, 6) is 0. The summed E-state index contributed by atoms with van der Waals surface area (Å²) in [6, 6.07) is 0. The maximum absolute atomic E-state index is 5.91. The highest BCUT2D eigenvalue weighted by atomic mass is 79.9. The van der Waals surface area contributed by atoms with Gasteiger partial charge in [0.2, 0.25) is 0 Å². The fraction of sp³-hybridized carbons (Fsp3) is 0.400. The molecule has 0 bridgehead atoms. The van der Waals surface area contributed by atoms with Crippen LogP contribution in [0.3, 0.4) is 0 Å². The lowest BCUT2D eigenvalue weighted by molar-refractivity contribution is 1.22. The van der Waals surface area contributed by atoms with E-state index in [0.717, 1.165) is 9.94 Å². The van der Waals surface area contributed by atoms with Gasteiger partial charge in [-0.2, -0.15) is 0 Å². The highest BCUT2D eigenvalue weighted by Gasteiger charge is 2.08. The van der Waals surface area contributed by atoms with Gasteiger partial charge in [-0.1, -0.05) is 27.0 Å². The van der Waals surface area contributed by atoms with Crippen LogP contribution in [0.25, 0.3) is 0 Å². The second kappa shape index (κ2) is 3.25. The zero-order valence-corrected chi connectivity index (χ0v) is 9.54. The second-order valence-electron chi connectivity index (χ2n) is 3.23. The normalized spacial score (nSPS) is 10.4. The molecule has 0 saturated carbocycles. The topological polar surface area (TPSA) is 0 Å². The fourth-order valence-electron chi connectivity index (χ4n) is 1.30. The Hall–Kier alpha value is -0.235. The van der Waals surface area contributed by atoms with E-state index < -0.39 is 0 Å². The summed E-state index contributed by atoms with van der Waals surface area (Å²) in [4.78, 5) is 0. The highest BCUT2D eigenvalue weighted by Crippen LogP contribution is 2.22. The van der Waals surface area contributed by atoms with Crippen molar-refractivity contribution in [3.63, 3.8) is 0 Å². The summed E-state index contributed by atoms with van der Waals surface area (Å²) in [6.45, 7) is 8.38. The Kier molecular flexibility index (Phi) is 2.67. The molecule has 0 unspecified atom stereocenters. The second-order valence-corrected chi connectivity index (χ2v) is 4.02. The molecule has 0 nitrogen and oxygen atoms in total. The molecular weight excluding hydrogens is 211 g/mol. The third-order valence-electron chi connectivity index (χ3n) is 2.66. The number of hydrogen-bond donors (Lipinski definition) is 0. The first-order chi connectivity index (χ1) is 5.46. The van der Waals surface area contributed by atoms with Crippen LogP contribution in [0.5, 0.6) is 0 Å². The van der Waals surface area contributed by atoms with E-state index in [-0.39, 0.29) is 0 Å². The highest BCUT2D eigenvalue weighted by molar-refractivity contribution is 9.10. The molecule has 0 aliphatic heterocycles. The minimum absolute atomic E-state index is 0.871. The predicted molar refractivity (Wildman–Crippen MR) is 58.5 cm³/mol. The average Bonchev–Trinajstić information content (AvgIpc) is 2.08. The fourth-order valence-corrected chi connectivity index (χ4v) is 1.89. The molecule has 0 saturated heterocycles. The molecule has 0 N–H and O–H groups in total. The minimum Gasteiger partial charge on any atom is -0.0793 e. The summed E-state index contributed by atoms with van der Waals surface area (Å²) >= 11 is 3.49. The van der Waals surface area contributed by atoms with Crippen molar-refractivity contribution in [2.24, 2.45) is 0 Å². The van der Waals surface area contributed by atoms with Crippen molar-refractivity contribution in [2.45, 2.75) is 27.7 Å². The van der Waals surface area contributed by atoms with Crippen molar-refractivity contribution in [3.05, 3.63) is 26.7 Å². The van der Waals surface area contributed by atoms with Gasteiger partial charge in [0, 0.05) is 4.47 Å². The van der Waals surface area contributed by atoms with Gasteiger partial charge in [-0.25, -0.2) is 0 Å². The number of benzene rings is 1. The predicted octanol–water partition coefficient (Wildman–Crippen LogP) is 2.48. The molecule has 0 atom stereocenters. The largest absolute Gasteiger partial charge is 0.115 e. The monoisotopic (exact) mass is 222 g/mol. The summed E-state index contributed by atoms with van der Waals surface area (Å²) in [5, 5.41) is 0. The van der Waals surface area contributed by atoms with E-state index in [2.05, 4.69) is 43.6 Å². The lowest BCUT2D eigenvalue weighted by Gasteiger charge is -2.14. The first-order valence-electron chi connectivity index (χ1n) is 3.98. The van der Waals surface area contributed by atoms with Gasteiger partial charge < -0.3 is 0 Å². The zero-order chi connectivity index (χ0) is 9.46.